The van der Waals surface area contributed by atoms with Crippen molar-refractivity contribution in [1.82, 2.24) is 14.3 Å². The van der Waals surface area contributed by atoms with Gasteiger partial charge in [0.15, 0.2) is 0 Å². The number of halogens is 5. The van der Waals surface area contributed by atoms with Crippen LogP contribution < -0.4 is 5.32 Å². The van der Waals surface area contributed by atoms with Gasteiger partial charge in [-0.05, 0) is 70.0 Å². The summed E-state index contributed by atoms with van der Waals surface area (Å²) in [7, 11) is 0. The summed E-state index contributed by atoms with van der Waals surface area (Å²) in [6, 6.07) is 1.62. The van der Waals surface area contributed by atoms with Gasteiger partial charge in [0.25, 0.3) is 0 Å². The van der Waals surface area contributed by atoms with Crippen LogP contribution in [0.4, 0.5) is 27.9 Å². The van der Waals surface area contributed by atoms with E-state index in [0.717, 1.165) is 54.7 Å². The number of carbonyl (C=O) groups is 1. The van der Waals surface area contributed by atoms with Crippen LogP contribution in [0.2, 0.25) is 0 Å². The van der Waals surface area contributed by atoms with Crippen LogP contribution in [0.1, 0.15) is 122 Å². The van der Waals surface area contributed by atoms with Crippen molar-refractivity contribution < 1.29 is 26.7 Å². The molecule has 6 nitrogen and oxygen atoms in total. The number of hydrogen-bond donors (Lipinski definition) is 2. The van der Waals surface area contributed by atoms with Crippen LogP contribution in [0.5, 0.6) is 0 Å². The van der Waals surface area contributed by atoms with Gasteiger partial charge >= 0.3 is 6.18 Å². The number of unbranched alkanes of at least 4 members (excludes halogenated alkanes) is 2. The SMILES string of the molecule is C/C=C(\C=N)SN1CCC(Nc2ncc(C(F)(F)F)c(-c3cc(C)c(C(C)(CC)CC(F)(F)CCCC)s3)n2)CC1.CC=O.CCCC. The predicted molar refractivity (Wildman–Crippen MR) is 192 cm³/mol. The molecule has 0 radical (unpaired) electrons. The molecule has 1 unspecified atom stereocenters. The fraction of sp³-hybridized carbons (Fsp3) is 0.657. The Balaban J connectivity index is 0.00000150. The van der Waals surface area contributed by atoms with Crippen molar-refractivity contribution in [2.24, 2.45) is 0 Å². The molecule has 3 heterocycles. The number of carbonyl (C=O) groups excluding carboxylic acids is 1. The van der Waals surface area contributed by atoms with E-state index in [0.29, 0.717) is 34.6 Å². The first kappa shape index (κ1) is 43.6. The van der Waals surface area contributed by atoms with Gasteiger partial charge in [0.05, 0.1) is 10.6 Å². The highest BCUT2D eigenvalue weighted by Gasteiger charge is 2.41. The predicted octanol–water partition coefficient (Wildman–Crippen LogP) is 11.5. The molecule has 0 amide bonds. The Morgan fingerprint density at radius 2 is 1.71 bits per heavy atom. The van der Waals surface area contributed by atoms with E-state index in [1.807, 2.05) is 26.8 Å². The molecule has 3 rings (SSSR count). The minimum Gasteiger partial charge on any atom is -0.351 e. The smallest absolute Gasteiger partial charge is 0.351 e. The van der Waals surface area contributed by atoms with E-state index in [-0.39, 0.29) is 30.5 Å². The van der Waals surface area contributed by atoms with Crippen molar-refractivity contribution in [1.29, 1.82) is 5.41 Å². The third-order valence-electron chi connectivity index (χ3n) is 8.07. The molecule has 1 atom stereocenters. The van der Waals surface area contributed by atoms with E-state index in [1.165, 1.54) is 37.9 Å². The molecule has 2 aromatic rings. The molecule has 48 heavy (non-hydrogen) atoms. The van der Waals surface area contributed by atoms with Gasteiger partial charge in [-0.25, -0.2) is 23.1 Å². The maximum Gasteiger partial charge on any atom is 0.420 e. The Labute approximate surface area is 292 Å². The van der Waals surface area contributed by atoms with E-state index < -0.39 is 23.1 Å². The second kappa shape index (κ2) is 21.0. The minimum absolute atomic E-state index is 0.0140. The van der Waals surface area contributed by atoms with Crippen molar-refractivity contribution in [2.75, 3.05) is 18.4 Å². The zero-order valence-corrected chi connectivity index (χ0v) is 31.3. The van der Waals surface area contributed by atoms with Gasteiger partial charge in [-0.3, -0.25) is 0 Å². The van der Waals surface area contributed by atoms with Crippen molar-refractivity contribution >= 4 is 41.7 Å². The van der Waals surface area contributed by atoms with Gasteiger partial charge in [-0.1, -0.05) is 60.0 Å². The summed E-state index contributed by atoms with van der Waals surface area (Å²) in [5.74, 6) is -2.74. The van der Waals surface area contributed by atoms with Gasteiger partial charge in [-0.2, -0.15) is 13.2 Å². The quantitative estimate of drug-likeness (QED) is 0.0875. The number of nitrogens with one attached hydrogen (secondary N) is 2. The summed E-state index contributed by atoms with van der Waals surface area (Å²) in [5.41, 5.74) is -1.37. The Morgan fingerprint density at radius 1 is 1.10 bits per heavy atom. The van der Waals surface area contributed by atoms with Crippen molar-refractivity contribution in [3.63, 3.8) is 0 Å². The lowest BCUT2D eigenvalue weighted by Crippen LogP contribution is -2.36. The van der Waals surface area contributed by atoms with Gasteiger partial charge in [0, 0.05) is 59.6 Å². The molecule has 1 aliphatic rings. The summed E-state index contributed by atoms with van der Waals surface area (Å²) in [6.07, 6.45) is 5.17. The largest absolute Gasteiger partial charge is 0.420 e. The number of thiophene rings is 1. The molecular weight excluding hydrogens is 666 g/mol. The van der Waals surface area contributed by atoms with E-state index in [9.17, 15) is 22.0 Å². The minimum atomic E-state index is -4.67. The molecule has 0 aliphatic carbocycles. The highest BCUT2D eigenvalue weighted by atomic mass is 32.2. The molecular formula is C35H54F5N5OS2. The number of allylic oxidation sites excluding steroid dienone is 2. The molecule has 1 aliphatic heterocycles. The average Bonchev–Trinajstić information content (AvgIpc) is 3.45. The van der Waals surface area contributed by atoms with Gasteiger partial charge in [0.1, 0.15) is 11.8 Å². The summed E-state index contributed by atoms with van der Waals surface area (Å²) >= 11 is 2.63. The summed E-state index contributed by atoms with van der Waals surface area (Å²) in [5, 5.41) is 10.7. The number of piperidine rings is 1. The molecule has 1 saturated heterocycles. The number of aryl methyl sites for hydroxylation is 1. The number of rotatable bonds is 14. The van der Waals surface area contributed by atoms with Crippen LogP contribution >= 0.6 is 23.3 Å². The molecule has 272 valence electrons. The number of alkyl halides is 5. The lowest BCUT2D eigenvalue weighted by Gasteiger charge is -2.32. The Bertz CT molecular complexity index is 1290. The second-order valence-corrected chi connectivity index (χ2v) is 14.4. The monoisotopic (exact) mass is 719 g/mol. The second-order valence-electron chi connectivity index (χ2n) is 12.1. The maximum atomic E-state index is 14.9. The van der Waals surface area contributed by atoms with Gasteiger partial charge in [-0.15, -0.1) is 11.3 Å². The average molecular weight is 720 g/mol. The first-order valence-corrected chi connectivity index (χ1v) is 18.4. The zero-order chi connectivity index (χ0) is 36.5. The van der Waals surface area contributed by atoms with Crippen LogP contribution in [0, 0.1) is 12.3 Å². The fourth-order valence-electron chi connectivity index (χ4n) is 5.09. The maximum absolute atomic E-state index is 14.9. The van der Waals surface area contributed by atoms with Crippen LogP contribution in [-0.2, 0) is 16.4 Å². The summed E-state index contributed by atoms with van der Waals surface area (Å²) in [6.45, 7) is 16.4. The van der Waals surface area contributed by atoms with E-state index in [2.05, 4.69) is 33.4 Å². The van der Waals surface area contributed by atoms with Crippen molar-refractivity contribution in [3.8, 4) is 10.6 Å². The van der Waals surface area contributed by atoms with Gasteiger partial charge in [0.2, 0.25) is 11.9 Å². The fourth-order valence-corrected chi connectivity index (χ4v) is 7.33. The Kier molecular flexibility index (Phi) is 19.1. The molecule has 0 aromatic carbocycles. The molecule has 2 aromatic heterocycles. The first-order chi connectivity index (χ1) is 22.6. The Morgan fingerprint density at radius 3 is 2.19 bits per heavy atom. The zero-order valence-electron chi connectivity index (χ0n) is 29.7. The Hall–Kier alpha value is -2.38. The third kappa shape index (κ3) is 13.9. The van der Waals surface area contributed by atoms with E-state index >= 15 is 0 Å². The normalized spacial score (nSPS) is 15.8. The highest BCUT2D eigenvalue weighted by molar-refractivity contribution is 8.01. The number of hydrogen-bond acceptors (Lipinski definition) is 8. The number of anilines is 1. The number of nitrogens with zero attached hydrogens (tertiary/aromatic N) is 3. The molecule has 0 saturated carbocycles. The van der Waals surface area contributed by atoms with Crippen LogP contribution in [0.25, 0.3) is 10.6 Å². The highest BCUT2D eigenvalue weighted by Crippen LogP contribution is 2.47. The van der Waals surface area contributed by atoms with Crippen molar-refractivity contribution in [2.45, 2.75) is 137 Å². The van der Waals surface area contributed by atoms with Crippen molar-refractivity contribution in [3.05, 3.63) is 39.2 Å². The van der Waals surface area contributed by atoms with Crippen LogP contribution in [-0.4, -0.2) is 51.8 Å². The lowest BCUT2D eigenvalue weighted by molar-refractivity contribution is -0.137. The molecule has 0 spiro atoms. The lowest BCUT2D eigenvalue weighted by atomic mass is 9.78. The molecule has 1 fully saturated rings. The topological polar surface area (TPSA) is 82.0 Å². The van der Waals surface area contributed by atoms with Gasteiger partial charge < -0.3 is 15.5 Å². The third-order valence-corrected chi connectivity index (χ3v) is 10.8. The molecule has 0 bridgehead atoms. The van der Waals surface area contributed by atoms with Crippen LogP contribution in [0.15, 0.2) is 23.2 Å². The van der Waals surface area contributed by atoms with E-state index in [4.69, 9.17) is 10.2 Å². The summed E-state index contributed by atoms with van der Waals surface area (Å²) in [4.78, 5) is 19.0. The van der Waals surface area contributed by atoms with Crippen LogP contribution in [0.3, 0.4) is 0 Å². The standard InChI is InChI=1S/C29H40F5N5S2.C4H10.C2H4O/c1-6-9-12-28(30,31)18-27(5,8-3)25-19(4)15-23(40-25)24-22(29(32,33)34)17-36-26(38-24)37-20-10-13-39(14-11-20)41-21(7-2)16-35;1-3-4-2;1-2-3/h7,15-17,20,35H,6,8-14,18H2,1-5H3,(H,36,37,38);3-4H2,1-2H3;2H,1H3/b21-7+,35-16?;;. The van der Waals surface area contributed by atoms with E-state index in [1.54, 1.807) is 19.9 Å². The first-order valence-electron chi connectivity index (χ1n) is 16.8. The molecule has 2 N–H and O–H groups in total. The summed E-state index contributed by atoms with van der Waals surface area (Å²) < 4.78 is 74.1. The number of aldehydes is 1. The number of aromatic nitrogens is 2. The molecule has 13 heteroatoms.